The number of hydrogen-bond donors (Lipinski definition) is 1. The maximum atomic E-state index is 14.3. The molecule has 12 heteroatoms. The van der Waals surface area contributed by atoms with Gasteiger partial charge in [0.25, 0.3) is 17.6 Å². The van der Waals surface area contributed by atoms with Crippen molar-refractivity contribution in [2.24, 2.45) is 0 Å². The quantitative estimate of drug-likeness (QED) is 0.300. The van der Waals surface area contributed by atoms with Gasteiger partial charge in [0.2, 0.25) is 10.0 Å². The summed E-state index contributed by atoms with van der Waals surface area (Å²) in [5.41, 5.74) is -1.29. The number of sulfonamides is 1. The smallest absolute Gasteiger partial charge is 0.296 e. The van der Waals surface area contributed by atoms with Crippen LogP contribution in [-0.4, -0.2) is 105 Å². The molecule has 2 fully saturated rings. The lowest BCUT2D eigenvalue weighted by Crippen LogP contribution is -2.54. The lowest BCUT2D eigenvalue weighted by molar-refractivity contribution is -0.144. The van der Waals surface area contributed by atoms with Crippen molar-refractivity contribution in [2.75, 3.05) is 64.9 Å². The maximum absolute atomic E-state index is 14.3. The molecule has 3 aliphatic rings. The van der Waals surface area contributed by atoms with E-state index in [-0.39, 0.29) is 29.1 Å². The van der Waals surface area contributed by atoms with Crippen molar-refractivity contribution in [1.29, 1.82) is 0 Å². The van der Waals surface area contributed by atoms with Crippen LogP contribution in [0.25, 0.3) is 5.76 Å². The molecule has 11 nitrogen and oxygen atoms in total. The number of likely N-dealkylation sites (N-methyl/N-ethyl adjacent to an activating group) is 1. The number of anilines is 1. The number of para-hydroxylation sites is 1. The summed E-state index contributed by atoms with van der Waals surface area (Å²) >= 11 is 0. The van der Waals surface area contributed by atoms with Gasteiger partial charge >= 0.3 is 0 Å². The van der Waals surface area contributed by atoms with Crippen LogP contribution in [0.5, 0.6) is 0 Å². The molecule has 0 saturated carbocycles. The zero-order chi connectivity index (χ0) is 28.8. The SMILES string of the molecule is CCN1C(=O)[C@@]2(C(=C(O)c3cccc(S(=O)(=O)N(C)C)c3)C(=O)C(=O)N2CCN2CCOCC2)c2ccccc21. The minimum absolute atomic E-state index is 0.00806. The van der Waals surface area contributed by atoms with Gasteiger partial charge in [-0.1, -0.05) is 30.3 Å². The monoisotopic (exact) mass is 568 g/mol. The minimum atomic E-state index is -3.87. The highest BCUT2D eigenvalue weighted by Crippen LogP contribution is 2.53. The fourth-order valence-electron chi connectivity index (χ4n) is 5.71. The molecule has 5 rings (SSSR count). The van der Waals surface area contributed by atoms with E-state index in [0.717, 1.165) is 4.31 Å². The zero-order valence-corrected chi connectivity index (χ0v) is 23.5. The molecular formula is C28H32N4O7S. The molecule has 212 valence electrons. The summed E-state index contributed by atoms with van der Waals surface area (Å²) in [6, 6.07) is 12.4. The van der Waals surface area contributed by atoms with Gasteiger partial charge in [-0.3, -0.25) is 19.3 Å². The van der Waals surface area contributed by atoms with Gasteiger partial charge in [-0.25, -0.2) is 12.7 Å². The number of nitrogens with zero attached hydrogens (tertiary/aromatic N) is 4. The maximum Gasteiger partial charge on any atom is 0.296 e. The number of hydrogen-bond acceptors (Lipinski definition) is 8. The summed E-state index contributed by atoms with van der Waals surface area (Å²) in [5.74, 6) is -3.02. The Kier molecular flexibility index (Phi) is 7.29. The van der Waals surface area contributed by atoms with Gasteiger partial charge in [-0.15, -0.1) is 0 Å². The summed E-state index contributed by atoms with van der Waals surface area (Å²) < 4.78 is 32.1. The molecule has 3 heterocycles. The van der Waals surface area contributed by atoms with E-state index in [9.17, 15) is 27.9 Å². The van der Waals surface area contributed by atoms with E-state index in [1.807, 2.05) is 0 Å². The third-order valence-corrected chi connectivity index (χ3v) is 9.57. The Morgan fingerprint density at radius 2 is 1.73 bits per heavy atom. The second kappa shape index (κ2) is 10.4. The zero-order valence-electron chi connectivity index (χ0n) is 22.7. The van der Waals surface area contributed by atoms with Gasteiger partial charge in [0, 0.05) is 57.9 Å². The fourth-order valence-corrected chi connectivity index (χ4v) is 6.65. The number of aliphatic hydroxyl groups is 1. The summed E-state index contributed by atoms with van der Waals surface area (Å²) in [4.78, 5) is 46.5. The van der Waals surface area contributed by atoms with E-state index in [1.165, 1.54) is 48.2 Å². The molecule has 40 heavy (non-hydrogen) atoms. The molecule has 0 unspecified atom stereocenters. The highest BCUT2D eigenvalue weighted by atomic mass is 32.2. The van der Waals surface area contributed by atoms with Gasteiger partial charge in [-0.05, 0) is 25.1 Å². The Morgan fingerprint density at radius 3 is 2.40 bits per heavy atom. The molecule has 0 bridgehead atoms. The van der Waals surface area contributed by atoms with E-state index < -0.39 is 38.9 Å². The first-order valence-corrected chi connectivity index (χ1v) is 14.5. The van der Waals surface area contributed by atoms with Crippen molar-refractivity contribution in [3.63, 3.8) is 0 Å². The number of carbonyl (C=O) groups excluding carboxylic acids is 3. The highest BCUT2D eigenvalue weighted by molar-refractivity contribution is 7.89. The van der Waals surface area contributed by atoms with Gasteiger partial charge < -0.3 is 19.6 Å². The number of likely N-dealkylation sites (tertiary alicyclic amines) is 1. The summed E-state index contributed by atoms with van der Waals surface area (Å²) in [6.45, 7) is 4.92. The lowest BCUT2D eigenvalue weighted by Gasteiger charge is -2.36. The number of amides is 2. The first-order chi connectivity index (χ1) is 19.1. The first kappa shape index (κ1) is 28.0. The molecule has 2 aromatic rings. The molecular weight excluding hydrogens is 536 g/mol. The van der Waals surface area contributed by atoms with Crippen LogP contribution in [0.2, 0.25) is 0 Å². The summed E-state index contributed by atoms with van der Waals surface area (Å²) in [5, 5.41) is 11.7. The predicted octanol–water partition coefficient (Wildman–Crippen LogP) is 1.21. The van der Waals surface area contributed by atoms with Gasteiger partial charge in [0.1, 0.15) is 5.76 Å². The summed E-state index contributed by atoms with van der Waals surface area (Å²) in [6.07, 6.45) is 0. The van der Waals surface area contributed by atoms with Crippen LogP contribution in [0.4, 0.5) is 5.69 Å². The fraction of sp³-hybridized carbons (Fsp3) is 0.393. The average Bonchev–Trinajstić information content (AvgIpc) is 3.34. The standard InChI is InChI=1S/C28H32N4O7S/c1-4-31-22-11-6-5-10-21(22)28(27(31)36)23(24(33)19-8-7-9-20(18-19)40(37,38)29(2)3)25(34)26(35)32(28)13-12-30-14-16-39-17-15-30/h5-11,18,33H,4,12-17H2,1-3H3/t28-/m0/s1. The molecule has 2 saturated heterocycles. The Morgan fingerprint density at radius 1 is 1.02 bits per heavy atom. The normalized spacial score (nSPS) is 23.1. The molecule has 1 atom stereocenters. The number of rotatable bonds is 7. The molecule has 0 aliphatic carbocycles. The van der Waals surface area contributed by atoms with Crippen LogP contribution in [-0.2, 0) is 34.7 Å². The number of Topliss-reactive ketones (excluding diaryl/α,β-unsaturated/α-hetero) is 1. The largest absolute Gasteiger partial charge is 0.507 e. The molecule has 1 N–H and O–H groups in total. The van der Waals surface area contributed by atoms with E-state index in [2.05, 4.69) is 4.90 Å². The number of ether oxygens (including phenoxy) is 1. The number of carbonyl (C=O) groups is 3. The van der Waals surface area contributed by atoms with Crippen LogP contribution >= 0.6 is 0 Å². The minimum Gasteiger partial charge on any atom is -0.507 e. The Bertz CT molecular complexity index is 1510. The number of morpholine rings is 1. The van der Waals surface area contributed by atoms with E-state index >= 15 is 0 Å². The van der Waals surface area contributed by atoms with Crippen LogP contribution in [0, 0.1) is 0 Å². The van der Waals surface area contributed by atoms with E-state index in [0.29, 0.717) is 44.1 Å². The molecule has 2 amide bonds. The second-order valence-corrected chi connectivity index (χ2v) is 12.2. The molecule has 0 radical (unpaired) electrons. The van der Waals surface area contributed by atoms with Gasteiger partial charge in [0.15, 0.2) is 5.54 Å². The van der Waals surface area contributed by atoms with Crippen LogP contribution in [0.1, 0.15) is 18.1 Å². The predicted molar refractivity (Wildman–Crippen MR) is 147 cm³/mol. The third-order valence-electron chi connectivity index (χ3n) is 7.76. The Balaban J connectivity index is 1.72. The van der Waals surface area contributed by atoms with Crippen molar-refractivity contribution in [2.45, 2.75) is 17.4 Å². The van der Waals surface area contributed by atoms with Gasteiger partial charge in [0.05, 0.1) is 29.4 Å². The average molecular weight is 569 g/mol. The number of ketones is 1. The topological polar surface area (TPSA) is 128 Å². The Labute approximate surface area is 233 Å². The highest BCUT2D eigenvalue weighted by Gasteiger charge is 2.66. The van der Waals surface area contributed by atoms with Gasteiger partial charge in [-0.2, -0.15) is 0 Å². The van der Waals surface area contributed by atoms with Crippen LogP contribution < -0.4 is 4.90 Å². The molecule has 0 aromatic heterocycles. The number of aliphatic hydroxyl groups excluding tert-OH is 1. The van der Waals surface area contributed by atoms with Crippen molar-refractivity contribution < 1.29 is 32.6 Å². The second-order valence-electron chi connectivity index (χ2n) is 10.1. The first-order valence-electron chi connectivity index (χ1n) is 13.1. The number of fused-ring (bicyclic) bond motifs is 2. The van der Waals surface area contributed by atoms with Crippen molar-refractivity contribution in [3.05, 3.63) is 65.2 Å². The molecule has 2 aromatic carbocycles. The Hall–Kier alpha value is -3.58. The molecule has 1 spiro atoms. The van der Waals surface area contributed by atoms with E-state index in [1.54, 1.807) is 31.2 Å². The number of benzene rings is 2. The lowest BCUT2D eigenvalue weighted by atomic mass is 9.82. The molecule has 3 aliphatic heterocycles. The van der Waals surface area contributed by atoms with Crippen molar-refractivity contribution in [1.82, 2.24) is 14.1 Å². The van der Waals surface area contributed by atoms with Crippen molar-refractivity contribution >= 4 is 39.1 Å². The summed E-state index contributed by atoms with van der Waals surface area (Å²) in [7, 11) is -1.10. The van der Waals surface area contributed by atoms with Crippen LogP contribution in [0.3, 0.4) is 0 Å². The van der Waals surface area contributed by atoms with Crippen molar-refractivity contribution in [3.8, 4) is 0 Å². The van der Waals surface area contributed by atoms with E-state index in [4.69, 9.17) is 4.74 Å². The third kappa shape index (κ3) is 4.14. The van der Waals surface area contributed by atoms with Crippen LogP contribution in [0.15, 0.2) is 59.0 Å².